The van der Waals surface area contributed by atoms with Crippen molar-refractivity contribution in [3.63, 3.8) is 0 Å². The molecule has 0 saturated carbocycles. The van der Waals surface area contributed by atoms with Crippen LogP contribution < -0.4 is 15.8 Å². The molecular weight excluding hydrogens is 232 g/mol. The van der Waals surface area contributed by atoms with Gasteiger partial charge in [-0.2, -0.15) is 4.98 Å². The number of nitrogens with one attached hydrogen (secondary N) is 1. The van der Waals surface area contributed by atoms with Crippen LogP contribution in [0.1, 0.15) is 26.0 Å². The van der Waals surface area contributed by atoms with Crippen molar-refractivity contribution in [2.75, 3.05) is 12.4 Å². The van der Waals surface area contributed by atoms with Crippen LogP contribution in [0.5, 0.6) is 5.88 Å². The Labute approximate surface area is 107 Å². The van der Waals surface area contributed by atoms with Crippen LogP contribution in [0.25, 0.3) is 0 Å². The first kappa shape index (κ1) is 14.4. The van der Waals surface area contributed by atoms with Gasteiger partial charge in [0.05, 0.1) is 13.2 Å². The van der Waals surface area contributed by atoms with Gasteiger partial charge in [-0.25, -0.2) is 4.98 Å². The molecule has 6 heteroatoms. The van der Waals surface area contributed by atoms with Gasteiger partial charge in [-0.15, -0.1) is 0 Å². The van der Waals surface area contributed by atoms with Crippen molar-refractivity contribution in [3.05, 3.63) is 11.8 Å². The summed E-state index contributed by atoms with van der Waals surface area (Å²) in [5, 5.41) is 2.61. The highest BCUT2D eigenvalue weighted by molar-refractivity contribution is 5.93. The van der Waals surface area contributed by atoms with E-state index >= 15 is 0 Å². The number of carbonyl (C=O) groups is 1. The van der Waals surface area contributed by atoms with Gasteiger partial charge in [0.2, 0.25) is 17.7 Å². The maximum atomic E-state index is 11.9. The lowest BCUT2D eigenvalue weighted by atomic mass is 10.00. The standard InChI is InChI=1S/C12H20N4O2/c1-5-7(2)10(13)11(17)16-12-14-8(3)6-9(15-12)18-4/h6-7,10H,5,13H2,1-4H3,(H,14,15,16,17)/t7?,10-/m0/s1. The van der Waals surface area contributed by atoms with E-state index in [1.54, 1.807) is 13.0 Å². The molecule has 1 unspecified atom stereocenters. The molecule has 1 amide bonds. The van der Waals surface area contributed by atoms with Gasteiger partial charge in [0, 0.05) is 11.8 Å². The van der Waals surface area contributed by atoms with E-state index in [2.05, 4.69) is 15.3 Å². The second-order valence-electron chi connectivity index (χ2n) is 4.28. The van der Waals surface area contributed by atoms with Crippen molar-refractivity contribution < 1.29 is 9.53 Å². The number of anilines is 1. The van der Waals surface area contributed by atoms with Crippen molar-refractivity contribution in [3.8, 4) is 5.88 Å². The molecule has 0 aliphatic heterocycles. The zero-order valence-electron chi connectivity index (χ0n) is 11.2. The minimum Gasteiger partial charge on any atom is -0.481 e. The van der Waals surface area contributed by atoms with Crippen molar-refractivity contribution in [2.45, 2.75) is 33.2 Å². The van der Waals surface area contributed by atoms with E-state index in [0.717, 1.165) is 6.42 Å². The lowest BCUT2D eigenvalue weighted by Crippen LogP contribution is -2.41. The number of aromatic nitrogens is 2. The fourth-order valence-electron chi connectivity index (χ4n) is 1.41. The number of aryl methyl sites for hydroxylation is 1. The number of nitrogens with two attached hydrogens (primary N) is 1. The summed E-state index contributed by atoms with van der Waals surface area (Å²) >= 11 is 0. The molecule has 100 valence electrons. The van der Waals surface area contributed by atoms with Crippen LogP contribution in [0.15, 0.2) is 6.07 Å². The molecule has 0 bridgehead atoms. The Kier molecular flexibility index (Phi) is 5.03. The van der Waals surface area contributed by atoms with Crippen LogP contribution >= 0.6 is 0 Å². The number of hydrogen-bond acceptors (Lipinski definition) is 5. The Morgan fingerprint density at radius 1 is 1.56 bits per heavy atom. The summed E-state index contributed by atoms with van der Waals surface area (Å²) in [6, 6.07) is 1.12. The Bertz CT molecular complexity index is 423. The Balaban J connectivity index is 2.78. The fraction of sp³-hybridized carbons (Fsp3) is 0.583. The summed E-state index contributed by atoms with van der Waals surface area (Å²) in [6.07, 6.45) is 0.840. The summed E-state index contributed by atoms with van der Waals surface area (Å²) in [6.45, 7) is 5.72. The fourth-order valence-corrected chi connectivity index (χ4v) is 1.41. The van der Waals surface area contributed by atoms with Gasteiger partial charge in [0.25, 0.3) is 0 Å². The minimum atomic E-state index is -0.565. The summed E-state index contributed by atoms with van der Waals surface area (Å²) in [7, 11) is 1.51. The van der Waals surface area contributed by atoms with Gasteiger partial charge in [0.15, 0.2) is 0 Å². The zero-order valence-corrected chi connectivity index (χ0v) is 11.2. The third-order valence-electron chi connectivity index (χ3n) is 2.83. The number of rotatable bonds is 5. The Morgan fingerprint density at radius 2 is 2.22 bits per heavy atom. The molecule has 18 heavy (non-hydrogen) atoms. The Morgan fingerprint density at radius 3 is 2.78 bits per heavy atom. The highest BCUT2D eigenvalue weighted by atomic mass is 16.5. The Hall–Kier alpha value is -1.69. The quantitative estimate of drug-likeness (QED) is 0.819. The third-order valence-corrected chi connectivity index (χ3v) is 2.83. The number of hydrogen-bond donors (Lipinski definition) is 2. The van der Waals surface area contributed by atoms with Gasteiger partial charge in [-0.3, -0.25) is 10.1 Å². The van der Waals surface area contributed by atoms with E-state index in [1.165, 1.54) is 7.11 Å². The minimum absolute atomic E-state index is 0.108. The first-order chi connectivity index (χ1) is 8.47. The van der Waals surface area contributed by atoms with Crippen LogP contribution in [-0.2, 0) is 4.79 Å². The monoisotopic (exact) mass is 252 g/mol. The third kappa shape index (κ3) is 3.66. The van der Waals surface area contributed by atoms with E-state index in [4.69, 9.17) is 10.5 Å². The van der Waals surface area contributed by atoms with E-state index in [1.807, 2.05) is 13.8 Å². The lowest BCUT2D eigenvalue weighted by Gasteiger charge is -2.17. The highest BCUT2D eigenvalue weighted by Crippen LogP contribution is 2.12. The molecule has 1 aromatic heterocycles. The van der Waals surface area contributed by atoms with Crippen molar-refractivity contribution in [1.82, 2.24) is 9.97 Å². The number of ether oxygens (including phenoxy) is 1. The number of nitrogens with zero attached hydrogens (tertiary/aromatic N) is 2. The molecule has 3 N–H and O–H groups in total. The molecule has 0 aliphatic rings. The maximum Gasteiger partial charge on any atom is 0.243 e. The maximum absolute atomic E-state index is 11.9. The number of amides is 1. The lowest BCUT2D eigenvalue weighted by molar-refractivity contribution is -0.118. The van der Waals surface area contributed by atoms with Gasteiger partial charge in [-0.1, -0.05) is 20.3 Å². The van der Waals surface area contributed by atoms with E-state index in [9.17, 15) is 4.79 Å². The van der Waals surface area contributed by atoms with E-state index in [0.29, 0.717) is 11.6 Å². The van der Waals surface area contributed by atoms with Crippen molar-refractivity contribution in [1.29, 1.82) is 0 Å². The molecule has 6 nitrogen and oxygen atoms in total. The molecule has 1 rings (SSSR count). The van der Waals surface area contributed by atoms with Crippen molar-refractivity contribution >= 4 is 11.9 Å². The molecule has 0 saturated heterocycles. The van der Waals surface area contributed by atoms with Crippen molar-refractivity contribution in [2.24, 2.45) is 11.7 Å². The average Bonchev–Trinajstić information content (AvgIpc) is 2.35. The molecule has 1 aromatic rings. The largest absolute Gasteiger partial charge is 0.481 e. The second kappa shape index (κ2) is 6.30. The topological polar surface area (TPSA) is 90.1 Å². The van der Waals surface area contributed by atoms with E-state index < -0.39 is 6.04 Å². The van der Waals surface area contributed by atoms with Crippen LogP contribution in [0, 0.1) is 12.8 Å². The molecule has 0 fully saturated rings. The number of carbonyl (C=O) groups excluding carboxylic acids is 1. The van der Waals surface area contributed by atoms with Crippen LogP contribution in [0.4, 0.5) is 5.95 Å². The normalized spacial score (nSPS) is 13.8. The van der Waals surface area contributed by atoms with Gasteiger partial charge in [-0.05, 0) is 12.8 Å². The first-order valence-electron chi connectivity index (χ1n) is 5.94. The molecule has 0 radical (unpaired) electrons. The molecule has 2 atom stereocenters. The molecule has 0 aliphatic carbocycles. The second-order valence-corrected chi connectivity index (χ2v) is 4.28. The average molecular weight is 252 g/mol. The van der Waals surface area contributed by atoms with Crippen LogP contribution in [-0.4, -0.2) is 29.0 Å². The smallest absolute Gasteiger partial charge is 0.243 e. The molecule has 0 spiro atoms. The SMILES string of the molecule is CCC(C)[C@H](N)C(=O)Nc1nc(C)cc(OC)n1. The van der Waals surface area contributed by atoms with E-state index in [-0.39, 0.29) is 17.8 Å². The summed E-state index contributed by atoms with van der Waals surface area (Å²) < 4.78 is 5.01. The van der Waals surface area contributed by atoms with Gasteiger partial charge < -0.3 is 10.5 Å². The molecule has 1 heterocycles. The molecular formula is C12H20N4O2. The zero-order chi connectivity index (χ0) is 13.7. The summed E-state index contributed by atoms with van der Waals surface area (Å²) in [4.78, 5) is 20.0. The van der Waals surface area contributed by atoms with Gasteiger partial charge in [0.1, 0.15) is 0 Å². The summed E-state index contributed by atoms with van der Waals surface area (Å²) in [5.74, 6) is 0.458. The predicted molar refractivity (Wildman–Crippen MR) is 69.4 cm³/mol. The van der Waals surface area contributed by atoms with Crippen LogP contribution in [0.2, 0.25) is 0 Å². The first-order valence-corrected chi connectivity index (χ1v) is 5.94. The summed E-state index contributed by atoms with van der Waals surface area (Å²) in [5.41, 5.74) is 6.55. The number of methoxy groups -OCH3 is 1. The predicted octanol–water partition coefficient (Wildman–Crippen LogP) is 1.11. The van der Waals surface area contributed by atoms with Gasteiger partial charge >= 0.3 is 0 Å². The van der Waals surface area contributed by atoms with Crippen LogP contribution in [0.3, 0.4) is 0 Å². The highest BCUT2D eigenvalue weighted by Gasteiger charge is 2.20. The molecule has 0 aromatic carbocycles.